The van der Waals surface area contributed by atoms with Crippen molar-refractivity contribution in [2.24, 2.45) is 0 Å². The number of ether oxygens (including phenoxy) is 2. The maximum atomic E-state index is 14.0. The molecule has 0 radical (unpaired) electrons. The Hall–Kier alpha value is -1.29. The summed E-state index contributed by atoms with van der Waals surface area (Å²) in [7, 11) is 2.70. The van der Waals surface area contributed by atoms with E-state index in [2.05, 4.69) is 0 Å². The van der Waals surface area contributed by atoms with Crippen molar-refractivity contribution in [1.29, 1.82) is 0 Å². The predicted octanol–water partition coefficient (Wildman–Crippen LogP) is 3.19. The Bertz CT molecular complexity index is 421. The molecule has 1 aromatic rings. The Labute approximate surface area is 104 Å². The number of benzene rings is 1. The van der Waals surface area contributed by atoms with E-state index in [9.17, 15) is 9.18 Å². The summed E-state index contributed by atoms with van der Waals surface area (Å²) in [5.41, 5.74) is 0.558. The average Bonchev–Trinajstić information content (AvgIpc) is 2.29. The van der Waals surface area contributed by atoms with E-state index in [4.69, 9.17) is 21.1 Å². The van der Waals surface area contributed by atoms with Crippen molar-refractivity contribution in [1.82, 2.24) is 0 Å². The third-order valence-electron chi connectivity index (χ3n) is 2.55. The number of halogens is 2. The number of hydrogen-bond donors (Lipinski definition) is 0. The van der Waals surface area contributed by atoms with E-state index in [1.165, 1.54) is 14.2 Å². The maximum Gasteiger partial charge on any atom is 0.208 e. The smallest absolute Gasteiger partial charge is 0.208 e. The van der Waals surface area contributed by atoms with Gasteiger partial charge in [0.2, 0.25) is 5.82 Å². The van der Waals surface area contributed by atoms with Gasteiger partial charge in [-0.2, -0.15) is 4.39 Å². The van der Waals surface area contributed by atoms with Crippen LogP contribution in [0, 0.1) is 5.82 Å². The lowest BCUT2D eigenvalue weighted by Crippen LogP contribution is -2.03. The van der Waals surface area contributed by atoms with Gasteiger partial charge in [-0.05, 0) is 12.0 Å². The van der Waals surface area contributed by atoms with Crippen LogP contribution in [-0.2, 0) is 4.79 Å². The van der Waals surface area contributed by atoms with E-state index in [-0.39, 0.29) is 28.9 Å². The minimum atomic E-state index is -0.643. The van der Waals surface area contributed by atoms with Gasteiger partial charge in [0.25, 0.3) is 0 Å². The molecule has 0 saturated carbocycles. The van der Waals surface area contributed by atoms with Crippen LogP contribution in [-0.4, -0.2) is 20.5 Å². The van der Waals surface area contributed by atoms with Crippen LogP contribution in [0.3, 0.4) is 0 Å². The monoisotopic (exact) mass is 260 g/mol. The van der Waals surface area contributed by atoms with Gasteiger partial charge in [-0.15, -0.1) is 0 Å². The Kier molecular flexibility index (Phi) is 4.75. The highest BCUT2D eigenvalue weighted by Crippen LogP contribution is 2.40. The largest absolute Gasteiger partial charge is 0.493 e. The Morgan fingerprint density at radius 2 is 2.00 bits per heavy atom. The number of methoxy groups -OCH3 is 2. The molecule has 3 nitrogen and oxygen atoms in total. The van der Waals surface area contributed by atoms with Crippen molar-refractivity contribution in [3.8, 4) is 11.5 Å². The minimum Gasteiger partial charge on any atom is -0.493 e. The molecule has 5 heteroatoms. The molecule has 1 atom stereocenters. The molecule has 0 heterocycles. The number of carbonyl (C=O) groups is 1. The van der Waals surface area contributed by atoms with Gasteiger partial charge in [0.05, 0.1) is 19.2 Å². The van der Waals surface area contributed by atoms with Crippen LogP contribution in [0.2, 0.25) is 5.02 Å². The maximum absolute atomic E-state index is 14.0. The third-order valence-corrected chi connectivity index (χ3v) is 2.83. The van der Waals surface area contributed by atoms with E-state index in [1.54, 1.807) is 13.0 Å². The van der Waals surface area contributed by atoms with Crippen molar-refractivity contribution < 1.29 is 18.7 Å². The summed E-state index contributed by atoms with van der Waals surface area (Å²) >= 11 is 5.90. The quantitative estimate of drug-likeness (QED) is 0.763. The second-order valence-electron chi connectivity index (χ2n) is 3.63. The van der Waals surface area contributed by atoms with Gasteiger partial charge < -0.3 is 14.3 Å². The van der Waals surface area contributed by atoms with Gasteiger partial charge >= 0.3 is 0 Å². The molecule has 0 spiro atoms. The van der Waals surface area contributed by atoms with E-state index in [0.29, 0.717) is 5.56 Å². The summed E-state index contributed by atoms with van der Waals surface area (Å²) in [5.74, 6) is -0.790. The molecule has 0 saturated heterocycles. The molecular weight excluding hydrogens is 247 g/mol. The van der Waals surface area contributed by atoms with Crippen LogP contribution < -0.4 is 9.47 Å². The van der Waals surface area contributed by atoms with Crippen molar-refractivity contribution in [3.63, 3.8) is 0 Å². The summed E-state index contributed by atoms with van der Waals surface area (Å²) in [6.45, 7) is 1.80. The first kappa shape index (κ1) is 13.8. The molecule has 0 bridgehead atoms. The number of carbonyl (C=O) groups excluding carboxylic acids is 1. The second kappa shape index (κ2) is 5.87. The molecule has 17 heavy (non-hydrogen) atoms. The number of hydrogen-bond acceptors (Lipinski definition) is 3. The molecule has 1 rings (SSSR count). The molecule has 0 aromatic heterocycles. The fraction of sp³-hybridized carbons (Fsp3) is 0.417. The number of rotatable bonds is 5. The summed E-state index contributed by atoms with van der Waals surface area (Å²) in [6.07, 6.45) is 1.05. The standard InChI is InChI=1S/C12H14ClFO3/c1-7(4-5-15)8-6-9(13)12(17-3)10(14)11(8)16-2/h5-7H,4H2,1-3H3. The molecule has 94 valence electrons. The van der Waals surface area contributed by atoms with Gasteiger partial charge in [-0.3, -0.25) is 0 Å². The number of aldehydes is 1. The molecule has 1 unspecified atom stereocenters. The fourth-order valence-corrected chi connectivity index (χ4v) is 1.91. The highest BCUT2D eigenvalue weighted by Gasteiger charge is 2.22. The topological polar surface area (TPSA) is 35.5 Å². The van der Waals surface area contributed by atoms with E-state index in [1.807, 2.05) is 0 Å². The van der Waals surface area contributed by atoms with E-state index in [0.717, 1.165) is 6.29 Å². The average molecular weight is 261 g/mol. The van der Waals surface area contributed by atoms with Crippen molar-refractivity contribution in [3.05, 3.63) is 22.5 Å². The molecule has 0 aliphatic rings. The highest BCUT2D eigenvalue weighted by molar-refractivity contribution is 6.32. The fourth-order valence-electron chi connectivity index (χ4n) is 1.63. The Morgan fingerprint density at radius 1 is 1.41 bits per heavy atom. The SMILES string of the molecule is COc1c(Cl)cc(C(C)CC=O)c(OC)c1F. The van der Waals surface area contributed by atoms with Gasteiger partial charge in [0.15, 0.2) is 11.5 Å². The van der Waals surface area contributed by atoms with Gasteiger partial charge in [0.1, 0.15) is 6.29 Å². The minimum absolute atomic E-state index is 0.0504. The normalized spacial score (nSPS) is 12.1. The lowest BCUT2D eigenvalue weighted by atomic mass is 9.97. The zero-order valence-corrected chi connectivity index (χ0v) is 10.7. The second-order valence-corrected chi connectivity index (χ2v) is 4.04. The summed E-state index contributed by atoms with van der Waals surface area (Å²) in [6, 6.07) is 1.57. The Balaban J connectivity index is 3.35. The molecule has 0 amide bonds. The molecular formula is C12H14ClFO3. The first-order valence-electron chi connectivity index (χ1n) is 5.10. The van der Waals surface area contributed by atoms with Crippen LogP contribution >= 0.6 is 11.6 Å². The van der Waals surface area contributed by atoms with E-state index < -0.39 is 5.82 Å². The molecule has 0 aliphatic carbocycles. The third kappa shape index (κ3) is 2.69. The van der Waals surface area contributed by atoms with Gasteiger partial charge in [0, 0.05) is 12.0 Å². The zero-order chi connectivity index (χ0) is 13.0. The van der Waals surface area contributed by atoms with Crippen LogP contribution in [0.15, 0.2) is 6.07 Å². The van der Waals surface area contributed by atoms with Crippen LogP contribution in [0.5, 0.6) is 11.5 Å². The van der Waals surface area contributed by atoms with Crippen LogP contribution in [0.1, 0.15) is 24.8 Å². The summed E-state index contributed by atoms with van der Waals surface area (Å²) < 4.78 is 23.8. The first-order chi connectivity index (χ1) is 8.06. The van der Waals surface area contributed by atoms with Gasteiger partial charge in [-0.1, -0.05) is 18.5 Å². The summed E-state index contributed by atoms with van der Waals surface area (Å²) in [4.78, 5) is 10.5. The van der Waals surface area contributed by atoms with Gasteiger partial charge in [-0.25, -0.2) is 0 Å². The Morgan fingerprint density at radius 3 is 2.47 bits per heavy atom. The van der Waals surface area contributed by atoms with Crippen LogP contribution in [0.4, 0.5) is 4.39 Å². The molecule has 0 fully saturated rings. The first-order valence-corrected chi connectivity index (χ1v) is 5.48. The summed E-state index contributed by atoms with van der Waals surface area (Å²) in [5, 5.41) is 0.165. The van der Waals surface area contributed by atoms with Crippen LogP contribution in [0.25, 0.3) is 0 Å². The van der Waals surface area contributed by atoms with E-state index >= 15 is 0 Å². The predicted molar refractivity (Wildman–Crippen MR) is 63.6 cm³/mol. The molecule has 1 aromatic carbocycles. The van der Waals surface area contributed by atoms with Crippen molar-refractivity contribution in [2.45, 2.75) is 19.3 Å². The lowest BCUT2D eigenvalue weighted by Gasteiger charge is -2.17. The van der Waals surface area contributed by atoms with Crippen molar-refractivity contribution >= 4 is 17.9 Å². The highest BCUT2D eigenvalue weighted by atomic mass is 35.5. The van der Waals surface area contributed by atoms with Crippen molar-refractivity contribution in [2.75, 3.05) is 14.2 Å². The lowest BCUT2D eigenvalue weighted by molar-refractivity contribution is -0.108. The molecule has 0 N–H and O–H groups in total. The zero-order valence-electron chi connectivity index (χ0n) is 9.92. The molecule has 0 aliphatic heterocycles.